The van der Waals surface area contributed by atoms with Crippen LogP contribution < -0.4 is 5.32 Å². The third-order valence-electron chi connectivity index (χ3n) is 10.8. The molecule has 0 aliphatic carbocycles. The molecule has 0 saturated carbocycles. The number of anilines is 1. The summed E-state index contributed by atoms with van der Waals surface area (Å²) in [4.78, 5) is 58.5. The first-order valence-electron chi connectivity index (χ1n) is 15.4. The molecule has 4 aliphatic rings. The van der Waals surface area contributed by atoms with Gasteiger partial charge in [0.2, 0.25) is 11.8 Å². The third kappa shape index (κ3) is 4.16. The van der Waals surface area contributed by atoms with Crippen molar-refractivity contribution >= 4 is 87.9 Å². The number of benzene rings is 2. The maximum absolute atomic E-state index is 14.3. The van der Waals surface area contributed by atoms with E-state index in [1.165, 1.54) is 26.6 Å². The van der Waals surface area contributed by atoms with E-state index < -0.39 is 69.7 Å². The Labute approximate surface area is 297 Å². The summed E-state index contributed by atoms with van der Waals surface area (Å²) < 4.78 is 2.07. The summed E-state index contributed by atoms with van der Waals surface area (Å²) in [6, 6.07) is 13.5. The summed E-state index contributed by atoms with van der Waals surface area (Å²) in [5.74, 6) is -1.64. The van der Waals surface area contributed by atoms with Crippen LogP contribution in [0.2, 0.25) is 0 Å². The number of aliphatic hydroxyl groups excluding tert-OH is 2. The first-order valence-corrected chi connectivity index (χ1v) is 18.2. The number of fused-ring (bicyclic) bond motifs is 6. The first kappa shape index (κ1) is 33.5. The number of likely N-dealkylation sites (N-methyl/N-ethyl adjacent to an activating group) is 3. The summed E-state index contributed by atoms with van der Waals surface area (Å²) in [7, 11) is 5.57. The molecular formula is C32H36N6O6S4. The van der Waals surface area contributed by atoms with Crippen LogP contribution in [0.15, 0.2) is 54.7 Å². The fraction of sp³-hybridized carbons (Fsp3) is 0.438. The molecule has 3 saturated heterocycles. The van der Waals surface area contributed by atoms with Crippen LogP contribution in [-0.4, -0.2) is 126 Å². The second-order valence-electron chi connectivity index (χ2n) is 12.9. The van der Waals surface area contributed by atoms with Gasteiger partial charge in [0.1, 0.15) is 23.0 Å². The van der Waals surface area contributed by atoms with Crippen LogP contribution >= 0.6 is 47.7 Å². The Morgan fingerprint density at radius 1 is 0.938 bits per heavy atom. The van der Waals surface area contributed by atoms with Crippen LogP contribution in [0.4, 0.5) is 5.69 Å². The number of piperazine rings is 1. The normalized spacial score (nSPS) is 33.2. The van der Waals surface area contributed by atoms with Crippen molar-refractivity contribution in [3.63, 3.8) is 0 Å². The van der Waals surface area contributed by atoms with E-state index in [2.05, 4.69) is 34.2 Å². The van der Waals surface area contributed by atoms with Gasteiger partial charge in [-0.1, -0.05) is 47.2 Å². The highest BCUT2D eigenvalue weighted by molar-refractivity contribution is 8.69. The van der Waals surface area contributed by atoms with Gasteiger partial charge in [0.15, 0.2) is 9.74 Å². The first-order chi connectivity index (χ1) is 22.8. The summed E-state index contributed by atoms with van der Waals surface area (Å²) in [5, 5.41) is 23.4. The SMILES string of the molecule is CN1C(=O)[C@](Cc2cn(C34C[C@]5(S)C(=O)N(C)C(CO)[C@H](S)C(=O)N5[C@H]3Nc3ccccc34)c3ccccc23)(SS)N(C)C(=O)C1CO. The van der Waals surface area contributed by atoms with Gasteiger partial charge < -0.3 is 34.8 Å². The molecule has 2 aromatic carbocycles. The Balaban J connectivity index is 1.44. The second-order valence-corrected chi connectivity index (χ2v) is 15.6. The Hall–Kier alpha value is -3.02. The fourth-order valence-electron chi connectivity index (χ4n) is 8.19. The molecule has 0 bridgehead atoms. The number of aliphatic hydroxyl groups is 2. The van der Waals surface area contributed by atoms with E-state index in [1.807, 2.05) is 54.7 Å². The molecule has 7 rings (SSSR count). The topological polar surface area (TPSA) is 139 Å². The highest BCUT2D eigenvalue weighted by Crippen LogP contribution is 2.59. The molecule has 3 unspecified atom stereocenters. The van der Waals surface area contributed by atoms with Crippen molar-refractivity contribution in [2.75, 3.05) is 39.7 Å². The highest BCUT2D eigenvalue weighted by Gasteiger charge is 2.70. The van der Waals surface area contributed by atoms with Crippen molar-refractivity contribution in [1.29, 1.82) is 0 Å². The smallest absolute Gasteiger partial charge is 0.260 e. The number of aromatic nitrogens is 1. The molecule has 4 aliphatic heterocycles. The van der Waals surface area contributed by atoms with Crippen LogP contribution in [-0.2, 0) is 31.1 Å². The van der Waals surface area contributed by atoms with E-state index >= 15 is 0 Å². The van der Waals surface area contributed by atoms with Crippen LogP contribution in [0.1, 0.15) is 17.5 Å². The fourth-order valence-corrected chi connectivity index (χ4v) is 10.7. The van der Waals surface area contributed by atoms with E-state index in [1.54, 1.807) is 14.1 Å². The van der Waals surface area contributed by atoms with Gasteiger partial charge >= 0.3 is 0 Å². The van der Waals surface area contributed by atoms with Crippen molar-refractivity contribution in [2.45, 2.75) is 51.6 Å². The molecule has 16 heteroatoms. The van der Waals surface area contributed by atoms with Crippen molar-refractivity contribution < 1.29 is 29.4 Å². The summed E-state index contributed by atoms with van der Waals surface area (Å²) in [5.41, 5.74) is 2.11. The van der Waals surface area contributed by atoms with E-state index in [-0.39, 0.29) is 18.7 Å². The lowest BCUT2D eigenvalue weighted by Crippen LogP contribution is -2.69. The highest BCUT2D eigenvalue weighted by atomic mass is 33.1. The minimum Gasteiger partial charge on any atom is -0.394 e. The van der Waals surface area contributed by atoms with Gasteiger partial charge in [0.25, 0.3) is 11.8 Å². The quantitative estimate of drug-likeness (QED) is 0.165. The number of carbonyl (C=O) groups is 4. The molecular weight excluding hydrogens is 693 g/mol. The number of amides is 4. The average molecular weight is 729 g/mol. The predicted octanol–water partition coefficient (Wildman–Crippen LogP) is 1.23. The largest absolute Gasteiger partial charge is 0.394 e. The molecule has 0 radical (unpaired) electrons. The van der Waals surface area contributed by atoms with Gasteiger partial charge in [0.05, 0.1) is 19.3 Å². The maximum Gasteiger partial charge on any atom is 0.260 e. The van der Waals surface area contributed by atoms with Crippen LogP contribution in [0.5, 0.6) is 0 Å². The lowest BCUT2D eigenvalue weighted by molar-refractivity contribution is -0.162. The summed E-state index contributed by atoms with van der Waals surface area (Å²) >= 11 is 14.2. The Kier molecular flexibility index (Phi) is 8.03. The lowest BCUT2D eigenvalue weighted by Gasteiger charge is -2.48. The molecule has 5 heterocycles. The van der Waals surface area contributed by atoms with Crippen molar-refractivity contribution in [3.8, 4) is 0 Å². The Morgan fingerprint density at radius 3 is 2.31 bits per heavy atom. The van der Waals surface area contributed by atoms with Gasteiger partial charge in [-0.3, -0.25) is 24.1 Å². The zero-order chi connectivity index (χ0) is 34.5. The average Bonchev–Trinajstić information content (AvgIpc) is 3.69. The predicted molar refractivity (Wildman–Crippen MR) is 192 cm³/mol. The number of carbonyl (C=O) groups excluding carboxylic acids is 4. The number of para-hydroxylation sites is 2. The molecule has 4 amide bonds. The molecule has 3 aromatic rings. The Morgan fingerprint density at radius 2 is 1.62 bits per heavy atom. The van der Waals surface area contributed by atoms with Gasteiger partial charge in [-0.05, 0) is 17.7 Å². The van der Waals surface area contributed by atoms with Gasteiger partial charge in [-0.2, -0.15) is 12.6 Å². The van der Waals surface area contributed by atoms with E-state index in [4.69, 9.17) is 12.6 Å². The number of nitrogens with zero attached hydrogens (tertiary/aromatic N) is 5. The van der Waals surface area contributed by atoms with Crippen LogP contribution in [0.3, 0.4) is 0 Å². The number of nitrogens with one attached hydrogen (secondary N) is 1. The zero-order valence-corrected chi connectivity index (χ0v) is 29.8. The van der Waals surface area contributed by atoms with Gasteiger partial charge in [0, 0.05) is 62.3 Å². The molecule has 1 aromatic heterocycles. The van der Waals surface area contributed by atoms with Crippen molar-refractivity contribution in [3.05, 3.63) is 65.9 Å². The Bertz CT molecular complexity index is 1880. The summed E-state index contributed by atoms with van der Waals surface area (Å²) in [6.07, 6.45) is 1.32. The molecule has 48 heavy (non-hydrogen) atoms. The molecule has 3 N–H and O–H groups in total. The van der Waals surface area contributed by atoms with Crippen molar-refractivity contribution in [2.24, 2.45) is 0 Å². The molecule has 12 nitrogen and oxygen atoms in total. The molecule has 254 valence electrons. The van der Waals surface area contributed by atoms with Gasteiger partial charge in [-0.15, -0.1) is 24.3 Å². The minimum absolute atomic E-state index is 0.0775. The lowest BCUT2D eigenvalue weighted by atomic mass is 9.85. The molecule has 3 fully saturated rings. The zero-order valence-electron chi connectivity index (χ0n) is 26.3. The van der Waals surface area contributed by atoms with Gasteiger partial charge in [-0.25, -0.2) is 0 Å². The molecule has 0 spiro atoms. The van der Waals surface area contributed by atoms with E-state index in [9.17, 15) is 29.4 Å². The maximum atomic E-state index is 14.3. The third-order valence-corrected chi connectivity index (χ3v) is 13.7. The monoisotopic (exact) mass is 728 g/mol. The van der Waals surface area contributed by atoms with Crippen molar-refractivity contribution in [1.82, 2.24) is 24.2 Å². The second kappa shape index (κ2) is 11.5. The summed E-state index contributed by atoms with van der Waals surface area (Å²) in [6.45, 7) is -0.946. The number of hydrogen-bond donors (Lipinski definition) is 6. The standard InChI is InChI=1S/C32H36N6O6S4/c1-34-22(14-39)24(45)26(42)38-27-30(16-31(38,46)28(34)43,19-9-5-6-10-20(19)33-27)37-13-17(18-8-4-7-11-21(18)37)12-32(48-47)29(44)35(2)23(15-40)25(41)36(32)3/h4-11,13,22-24,27,33,39-40,45-47H,12,14-16H2,1-3H3/t22?,23?,24-,27+,30?,31-,32-/m0/s1. The molecule has 7 atom stereocenters. The number of hydrogen-bond acceptors (Lipinski definition) is 11. The van der Waals surface area contributed by atoms with Crippen LogP contribution in [0.25, 0.3) is 10.9 Å². The minimum atomic E-state index is -1.61. The van der Waals surface area contributed by atoms with Crippen LogP contribution in [0, 0.1) is 0 Å². The van der Waals surface area contributed by atoms with E-state index in [0.29, 0.717) is 0 Å². The number of rotatable bonds is 6. The number of thiol groups is 3. The van der Waals surface area contributed by atoms with E-state index in [0.717, 1.165) is 38.5 Å².